The lowest BCUT2D eigenvalue weighted by molar-refractivity contribution is -0.132. The second kappa shape index (κ2) is 11.4. The molecule has 1 N–H and O–H groups in total. The van der Waals surface area contributed by atoms with Crippen LogP contribution < -0.4 is 9.64 Å². The van der Waals surface area contributed by atoms with E-state index in [4.69, 9.17) is 9.47 Å². The summed E-state index contributed by atoms with van der Waals surface area (Å²) < 4.78 is 10.6. The van der Waals surface area contributed by atoms with Gasteiger partial charge in [-0.25, -0.2) is 9.78 Å². The molecular formula is C30H32N2O6S. The summed E-state index contributed by atoms with van der Waals surface area (Å²) in [5, 5.41) is 11.6. The van der Waals surface area contributed by atoms with Crippen molar-refractivity contribution in [3.05, 3.63) is 80.9 Å². The molecule has 0 saturated carbocycles. The number of amides is 1. The number of anilines is 1. The Labute approximate surface area is 231 Å². The van der Waals surface area contributed by atoms with Crippen LogP contribution in [0.25, 0.3) is 5.76 Å². The lowest BCUT2D eigenvalue weighted by Gasteiger charge is -2.23. The van der Waals surface area contributed by atoms with Crippen LogP contribution in [-0.4, -0.2) is 41.5 Å². The summed E-state index contributed by atoms with van der Waals surface area (Å²) in [4.78, 5) is 45.2. The quantitative estimate of drug-likeness (QED) is 0.157. The predicted octanol–water partition coefficient (Wildman–Crippen LogP) is 6.09. The number of benzene rings is 2. The van der Waals surface area contributed by atoms with Crippen LogP contribution in [0.5, 0.6) is 5.75 Å². The van der Waals surface area contributed by atoms with Crippen LogP contribution in [0.15, 0.2) is 48.0 Å². The number of rotatable bonds is 8. The normalized spacial score (nSPS) is 16.7. The van der Waals surface area contributed by atoms with Gasteiger partial charge in [-0.05, 0) is 61.1 Å². The van der Waals surface area contributed by atoms with Crippen molar-refractivity contribution in [3.63, 3.8) is 0 Å². The third kappa shape index (κ3) is 5.31. The molecule has 1 aromatic heterocycles. The Morgan fingerprint density at radius 2 is 1.82 bits per heavy atom. The molecule has 1 aliphatic rings. The highest BCUT2D eigenvalue weighted by Crippen LogP contribution is 2.44. The van der Waals surface area contributed by atoms with Crippen LogP contribution in [0, 0.1) is 13.8 Å². The van der Waals surface area contributed by atoms with Gasteiger partial charge in [-0.15, -0.1) is 0 Å². The SMILES string of the molecule is CCCOc1ccc(C(O)=C2C(=O)C(=O)N(c3nc(C)c(C(=O)OC)s3)[C@H]2c2ccc(C(C)C)cc2)cc1C. The molecule has 2 aromatic carbocycles. The van der Waals surface area contributed by atoms with Crippen molar-refractivity contribution >= 4 is 39.9 Å². The number of ketones is 1. The molecule has 0 radical (unpaired) electrons. The van der Waals surface area contributed by atoms with Gasteiger partial charge in [-0.3, -0.25) is 14.5 Å². The van der Waals surface area contributed by atoms with Crippen LogP contribution in [0.3, 0.4) is 0 Å². The van der Waals surface area contributed by atoms with E-state index in [9.17, 15) is 19.5 Å². The summed E-state index contributed by atoms with van der Waals surface area (Å²) in [5.74, 6) is -1.57. The van der Waals surface area contributed by atoms with Crippen molar-refractivity contribution in [1.82, 2.24) is 4.98 Å². The number of aliphatic hydroxyl groups excluding tert-OH is 1. The molecule has 4 rings (SSSR count). The molecule has 1 saturated heterocycles. The van der Waals surface area contributed by atoms with Crippen molar-refractivity contribution < 1.29 is 29.0 Å². The highest BCUT2D eigenvalue weighted by Gasteiger charge is 2.48. The first-order valence-corrected chi connectivity index (χ1v) is 13.6. The van der Waals surface area contributed by atoms with Gasteiger partial charge in [0.2, 0.25) is 0 Å². The van der Waals surface area contributed by atoms with Crippen molar-refractivity contribution in [2.75, 3.05) is 18.6 Å². The third-order valence-electron chi connectivity index (χ3n) is 6.64. The van der Waals surface area contributed by atoms with Crippen molar-refractivity contribution in [2.45, 2.75) is 53.0 Å². The lowest BCUT2D eigenvalue weighted by atomic mass is 9.93. The number of hydrogen-bond acceptors (Lipinski definition) is 8. The highest BCUT2D eigenvalue weighted by atomic mass is 32.1. The topological polar surface area (TPSA) is 106 Å². The number of aliphatic hydroxyl groups is 1. The van der Waals surface area contributed by atoms with E-state index >= 15 is 0 Å². The summed E-state index contributed by atoms with van der Waals surface area (Å²) in [6, 6.07) is 11.8. The fraction of sp³-hybridized carbons (Fsp3) is 0.333. The van der Waals surface area contributed by atoms with Gasteiger partial charge in [0.15, 0.2) is 5.13 Å². The summed E-state index contributed by atoms with van der Waals surface area (Å²) in [6.45, 7) is 10.2. The van der Waals surface area contributed by atoms with Crippen LogP contribution in [0.1, 0.15) is 76.8 Å². The average Bonchev–Trinajstić information content (AvgIpc) is 3.43. The molecule has 1 atom stereocenters. The number of aryl methyl sites for hydroxylation is 2. The summed E-state index contributed by atoms with van der Waals surface area (Å²) in [5.41, 5.74) is 3.24. The van der Waals surface area contributed by atoms with Gasteiger partial charge >= 0.3 is 11.9 Å². The van der Waals surface area contributed by atoms with Crippen LogP contribution >= 0.6 is 11.3 Å². The predicted molar refractivity (Wildman–Crippen MR) is 150 cm³/mol. The van der Waals surface area contributed by atoms with E-state index in [2.05, 4.69) is 18.8 Å². The number of ether oxygens (including phenoxy) is 2. The zero-order valence-electron chi connectivity index (χ0n) is 22.9. The maximum absolute atomic E-state index is 13.5. The molecule has 1 fully saturated rings. The highest BCUT2D eigenvalue weighted by molar-refractivity contribution is 7.17. The van der Waals surface area contributed by atoms with Crippen molar-refractivity contribution in [1.29, 1.82) is 0 Å². The minimum atomic E-state index is -0.946. The third-order valence-corrected chi connectivity index (χ3v) is 7.77. The Kier molecular flexibility index (Phi) is 8.20. The first-order chi connectivity index (χ1) is 18.6. The van der Waals surface area contributed by atoms with E-state index in [1.54, 1.807) is 25.1 Å². The minimum absolute atomic E-state index is 0.0496. The maximum Gasteiger partial charge on any atom is 0.350 e. The van der Waals surface area contributed by atoms with Gasteiger partial charge in [0.1, 0.15) is 16.4 Å². The molecule has 8 nitrogen and oxygen atoms in total. The molecule has 3 aromatic rings. The standard InChI is InChI=1S/C30H32N2O6S/c1-7-14-38-22-13-12-21(15-17(22)4)25(33)23-24(20-10-8-19(9-11-20)16(2)3)32(28(35)26(23)34)30-31-18(5)27(39-30)29(36)37-6/h8-13,15-16,24,33H,7,14H2,1-6H3/t24-/m0/s1. The summed E-state index contributed by atoms with van der Waals surface area (Å²) in [7, 11) is 1.27. The Bertz CT molecular complexity index is 1450. The van der Waals surface area contributed by atoms with Gasteiger partial charge in [0.05, 0.1) is 31.0 Å². The summed E-state index contributed by atoms with van der Waals surface area (Å²) >= 11 is 0.970. The van der Waals surface area contributed by atoms with Gasteiger partial charge < -0.3 is 14.6 Å². The number of carbonyl (C=O) groups is 3. The van der Waals surface area contributed by atoms with Crippen LogP contribution in [-0.2, 0) is 14.3 Å². The molecule has 1 aliphatic heterocycles. The van der Waals surface area contributed by atoms with Gasteiger partial charge in [-0.1, -0.05) is 56.4 Å². The Morgan fingerprint density at radius 3 is 2.41 bits per heavy atom. The monoisotopic (exact) mass is 548 g/mol. The van der Waals surface area contributed by atoms with E-state index in [-0.39, 0.29) is 27.3 Å². The average molecular weight is 549 g/mol. The lowest BCUT2D eigenvalue weighted by Crippen LogP contribution is -2.29. The molecule has 9 heteroatoms. The fourth-order valence-corrected chi connectivity index (χ4v) is 5.51. The molecule has 2 heterocycles. The van der Waals surface area contributed by atoms with Crippen LogP contribution in [0.4, 0.5) is 5.13 Å². The maximum atomic E-state index is 13.5. The first-order valence-electron chi connectivity index (χ1n) is 12.8. The second-order valence-electron chi connectivity index (χ2n) is 9.72. The van der Waals surface area contributed by atoms with E-state index < -0.39 is 23.7 Å². The molecule has 39 heavy (non-hydrogen) atoms. The molecule has 0 bridgehead atoms. The number of methoxy groups -OCH3 is 1. The van der Waals surface area contributed by atoms with E-state index in [1.165, 1.54) is 12.0 Å². The number of Topliss-reactive ketones (excluding diaryl/α,β-unsaturated/α-hetero) is 1. The van der Waals surface area contributed by atoms with E-state index in [0.29, 0.717) is 29.2 Å². The van der Waals surface area contributed by atoms with Crippen molar-refractivity contribution in [3.8, 4) is 5.75 Å². The Hall–Kier alpha value is -3.98. The summed E-state index contributed by atoms with van der Waals surface area (Å²) in [6.07, 6.45) is 0.855. The van der Waals surface area contributed by atoms with E-state index in [0.717, 1.165) is 28.9 Å². The molecule has 1 amide bonds. The van der Waals surface area contributed by atoms with Gasteiger partial charge in [-0.2, -0.15) is 0 Å². The zero-order valence-corrected chi connectivity index (χ0v) is 23.7. The largest absolute Gasteiger partial charge is 0.507 e. The molecule has 0 aliphatic carbocycles. The second-order valence-corrected chi connectivity index (χ2v) is 10.7. The number of esters is 1. The fourth-order valence-electron chi connectivity index (χ4n) is 4.50. The number of thiazole rings is 1. The van der Waals surface area contributed by atoms with Gasteiger partial charge in [0, 0.05) is 5.56 Å². The smallest absolute Gasteiger partial charge is 0.350 e. The molecular weight excluding hydrogens is 516 g/mol. The number of nitrogens with zero attached hydrogens (tertiary/aromatic N) is 2. The van der Waals surface area contributed by atoms with Crippen molar-refractivity contribution in [2.24, 2.45) is 0 Å². The van der Waals surface area contributed by atoms with E-state index in [1.807, 2.05) is 38.1 Å². The van der Waals surface area contributed by atoms with Crippen LogP contribution in [0.2, 0.25) is 0 Å². The number of carbonyl (C=O) groups excluding carboxylic acids is 3. The minimum Gasteiger partial charge on any atom is -0.507 e. The number of hydrogen-bond donors (Lipinski definition) is 1. The number of aromatic nitrogens is 1. The zero-order chi connectivity index (χ0) is 28.4. The molecule has 204 valence electrons. The Balaban J connectivity index is 1.89. The Morgan fingerprint density at radius 1 is 1.13 bits per heavy atom. The first kappa shape index (κ1) is 28.0. The van der Waals surface area contributed by atoms with Gasteiger partial charge in [0.25, 0.3) is 5.78 Å². The molecule has 0 spiro atoms. The molecule has 0 unspecified atom stereocenters.